The molecule has 0 aliphatic heterocycles. The number of hydrogen-bond acceptors (Lipinski definition) is 2. The van der Waals surface area contributed by atoms with Gasteiger partial charge in [-0.25, -0.2) is 0 Å². The lowest BCUT2D eigenvalue weighted by Crippen LogP contribution is -2.37. The fourth-order valence-electron chi connectivity index (χ4n) is 2.79. The van der Waals surface area contributed by atoms with Gasteiger partial charge in [-0.1, -0.05) is 54.1 Å². The molecular formula is C18H23ClN2. The van der Waals surface area contributed by atoms with Crippen LogP contribution in [-0.2, 0) is 6.54 Å². The Kier molecular flexibility index (Phi) is 5.40. The molecule has 3 heteroatoms. The van der Waals surface area contributed by atoms with Crippen molar-refractivity contribution in [2.24, 2.45) is 5.73 Å². The minimum absolute atomic E-state index is 0.00100. The van der Waals surface area contributed by atoms with Crippen molar-refractivity contribution in [3.8, 4) is 0 Å². The Morgan fingerprint density at radius 3 is 2.33 bits per heavy atom. The van der Waals surface area contributed by atoms with Crippen molar-refractivity contribution >= 4 is 11.6 Å². The van der Waals surface area contributed by atoms with E-state index in [1.807, 2.05) is 25.1 Å². The lowest BCUT2D eigenvalue weighted by Gasteiger charge is -2.32. The van der Waals surface area contributed by atoms with Crippen molar-refractivity contribution in [2.75, 3.05) is 7.05 Å². The lowest BCUT2D eigenvalue weighted by atomic mass is 9.98. The third-order valence-corrected chi connectivity index (χ3v) is 4.22. The van der Waals surface area contributed by atoms with Crippen LogP contribution in [0.3, 0.4) is 0 Å². The highest BCUT2D eigenvalue weighted by Crippen LogP contribution is 2.30. The Morgan fingerprint density at radius 1 is 1.10 bits per heavy atom. The molecule has 2 aromatic carbocycles. The second-order valence-corrected chi connectivity index (χ2v) is 6.07. The standard InChI is InChI=1S/C18H23ClN2/c1-13-8-4-5-9-15(13)12-21(3)18(14(2)20)16-10-6-7-11-17(16)19/h4-11,14,18H,12,20H2,1-3H3. The van der Waals surface area contributed by atoms with Gasteiger partial charge in [0.15, 0.2) is 0 Å². The summed E-state index contributed by atoms with van der Waals surface area (Å²) < 4.78 is 0. The molecule has 0 saturated heterocycles. The molecule has 0 bridgehead atoms. The molecule has 2 N–H and O–H groups in total. The molecule has 0 radical (unpaired) electrons. The summed E-state index contributed by atoms with van der Waals surface area (Å²) in [5.74, 6) is 0. The van der Waals surface area contributed by atoms with Crippen LogP contribution >= 0.6 is 11.6 Å². The number of aryl methyl sites for hydroxylation is 1. The summed E-state index contributed by atoms with van der Waals surface area (Å²) >= 11 is 6.36. The van der Waals surface area contributed by atoms with Crippen molar-refractivity contribution in [2.45, 2.75) is 32.5 Å². The highest BCUT2D eigenvalue weighted by molar-refractivity contribution is 6.31. The topological polar surface area (TPSA) is 29.3 Å². The third-order valence-electron chi connectivity index (χ3n) is 3.88. The maximum Gasteiger partial charge on any atom is 0.0511 e. The number of hydrogen-bond donors (Lipinski definition) is 1. The Balaban J connectivity index is 2.27. The number of nitrogens with two attached hydrogens (primary N) is 1. The molecule has 2 atom stereocenters. The SMILES string of the molecule is Cc1ccccc1CN(C)C(c1ccccc1Cl)C(C)N. The average Bonchev–Trinajstić information content (AvgIpc) is 2.43. The van der Waals surface area contributed by atoms with Gasteiger partial charge in [0.1, 0.15) is 0 Å². The third kappa shape index (κ3) is 3.85. The first-order valence-corrected chi connectivity index (χ1v) is 7.63. The maximum atomic E-state index is 6.36. The second-order valence-electron chi connectivity index (χ2n) is 5.67. The predicted molar refractivity (Wildman–Crippen MR) is 90.5 cm³/mol. The van der Waals surface area contributed by atoms with E-state index in [9.17, 15) is 0 Å². The zero-order chi connectivity index (χ0) is 15.4. The fourth-order valence-corrected chi connectivity index (χ4v) is 3.04. The molecule has 112 valence electrons. The smallest absolute Gasteiger partial charge is 0.0511 e. The number of benzene rings is 2. The van der Waals surface area contributed by atoms with Crippen molar-refractivity contribution in [3.05, 3.63) is 70.2 Å². The van der Waals surface area contributed by atoms with Crippen LogP contribution in [0, 0.1) is 6.92 Å². The number of likely N-dealkylation sites (N-methyl/N-ethyl adjacent to an activating group) is 1. The van der Waals surface area contributed by atoms with Crippen molar-refractivity contribution in [1.29, 1.82) is 0 Å². The van der Waals surface area contributed by atoms with E-state index in [0.29, 0.717) is 0 Å². The minimum atomic E-state index is -0.00100. The van der Waals surface area contributed by atoms with Gasteiger partial charge < -0.3 is 5.73 Å². The highest BCUT2D eigenvalue weighted by atomic mass is 35.5. The Hall–Kier alpha value is -1.35. The molecule has 0 spiro atoms. The molecule has 2 rings (SSSR count). The predicted octanol–water partition coefficient (Wildman–Crippen LogP) is 4.17. The Morgan fingerprint density at radius 2 is 1.71 bits per heavy atom. The summed E-state index contributed by atoms with van der Waals surface area (Å²) in [4.78, 5) is 2.27. The first-order chi connectivity index (χ1) is 10.0. The summed E-state index contributed by atoms with van der Waals surface area (Å²) in [5, 5.41) is 0.774. The van der Waals surface area contributed by atoms with Crippen LogP contribution in [0.15, 0.2) is 48.5 Å². The van der Waals surface area contributed by atoms with E-state index in [-0.39, 0.29) is 12.1 Å². The van der Waals surface area contributed by atoms with E-state index in [0.717, 1.165) is 17.1 Å². The van der Waals surface area contributed by atoms with E-state index in [4.69, 9.17) is 17.3 Å². The van der Waals surface area contributed by atoms with E-state index >= 15 is 0 Å². The van der Waals surface area contributed by atoms with Gasteiger partial charge in [-0.3, -0.25) is 4.90 Å². The second kappa shape index (κ2) is 7.08. The zero-order valence-corrected chi connectivity index (χ0v) is 13.6. The lowest BCUT2D eigenvalue weighted by molar-refractivity contribution is 0.210. The summed E-state index contributed by atoms with van der Waals surface area (Å²) in [7, 11) is 2.10. The molecule has 21 heavy (non-hydrogen) atoms. The van der Waals surface area contributed by atoms with E-state index in [2.05, 4.69) is 49.2 Å². The van der Waals surface area contributed by atoms with Gasteiger partial charge in [0.05, 0.1) is 6.04 Å². The van der Waals surface area contributed by atoms with Gasteiger partial charge in [0.25, 0.3) is 0 Å². The van der Waals surface area contributed by atoms with Crippen LogP contribution in [0.5, 0.6) is 0 Å². The first-order valence-electron chi connectivity index (χ1n) is 7.25. The normalized spacial score (nSPS) is 14.2. The van der Waals surface area contributed by atoms with E-state index in [1.54, 1.807) is 0 Å². The molecule has 0 fully saturated rings. The molecule has 0 saturated carbocycles. The van der Waals surface area contributed by atoms with E-state index < -0.39 is 0 Å². The largest absolute Gasteiger partial charge is 0.326 e. The van der Waals surface area contributed by atoms with Crippen molar-refractivity contribution in [3.63, 3.8) is 0 Å². The molecule has 0 heterocycles. The fraction of sp³-hybridized carbons (Fsp3) is 0.333. The average molecular weight is 303 g/mol. The molecule has 2 unspecified atom stereocenters. The number of halogens is 1. The Bertz CT molecular complexity index is 595. The van der Waals surface area contributed by atoms with Crippen LogP contribution < -0.4 is 5.73 Å². The van der Waals surface area contributed by atoms with Crippen LogP contribution in [0.1, 0.15) is 29.7 Å². The monoisotopic (exact) mass is 302 g/mol. The van der Waals surface area contributed by atoms with Crippen LogP contribution in [0.2, 0.25) is 5.02 Å². The summed E-state index contributed by atoms with van der Waals surface area (Å²) in [6.07, 6.45) is 0. The molecule has 0 amide bonds. The summed E-state index contributed by atoms with van der Waals surface area (Å²) in [6.45, 7) is 5.02. The van der Waals surface area contributed by atoms with E-state index in [1.165, 1.54) is 11.1 Å². The van der Waals surface area contributed by atoms with Gasteiger partial charge in [0, 0.05) is 17.6 Å². The summed E-state index contributed by atoms with van der Waals surface area (Å²) in [5.41, 5.74) is 9.93. The van der Waals surface area contributed by atoms with Gasteiger partial charge in [-0.05, 0) is 43.7 Å². The molecule has 0 aliphatic carbocycles. The minimum Gasteiger partial charge on any atom is -0.326 e. The first kappa shape index (κ1) is 16.0. The highest BCUT2D eigenvalue weighted by Gasteiger charge is 2.23. The van der Waals surface area contributed by atoms with Gasteiger partial charge in [0.2, 0.25) is 0 Å². The maximum absolute atomic E-state index is 6.36. The van der Waals surface area contributed by atoms with Crippen molar-refractivity contribution < 1.29 is 0 Å². The molecule has 0 aliphatic rings. The van der Waals surface area contributed by atoms with Crippen LogP contribution in [0.4, 0.5) is 0 Å². The van der Waals surface area contributed by atoms with Crippen LogP contribution in [0.25, 0.3) is 0 Å². The van der Waals surface area contributed by atoms with Crippen LogP contribution in [-0.4, -0.2) is 18.0 Å². The number of rotatable bonds is 5. The molecule has 2 nitrogen and oxygen atoms in total. The van der Waals surface area contributed by atoms with Gasteiger partial charge >= 0.3 is 0 Å². The number of nitrogens with zero attached hydrogens (tertiary/aromatic N) is 1. The Labute approximate surface area is 132 Å². The van der Waals surface area contributed by atoms with Gasteiger partial charge in [-0.15, -0.1) is 0 Å². The molecule has 0 aromatic heterocycles. The molecular weight excluding hydrogens is 280 g/mol. The zero-order valence-electron chi connectivity index (χ0n) is 12.9. The van der Waals surface area contributed by atoms with Gasteiger partial charge in [-0.2, -0.15) is 0 Å². The quantitative estimate of drug-likeness (QED) is 0.898. The molecule has 2 aromatic rings. The van der Waals surface area contributed by atoms with Crippen molar-refractivity contribution in [1.82, 2.24) is 4.90 Å². The summed E-state index contributed by atoms with van der Waals surface area (Å²) in [6, 6.07) is 16.5.